The Hall–Kier alpha value is -7.21. The van der Waals surface area contributed by atoms with Gasteiger partial charge in [0.2, 0.25) is 0 Å². The Kier molecular flexibility index (Phi) is 15.4. The number of aromatic nitrogens is 4. The van der Waals surface area contributed by atoms with Gasteiger partial charge in [0.25, 0.3) is 0 Å². The van der Waals surface area contributed by atoms with Gasteiger partial charge in [0.15, 0.2) is 0 Å². The lowest BCUT2D eigenvalue weighted by molar-refractivity contribution is -0.137. The summed E-state index contributed by atoms with van der Waals surface area (Å²) < 4.78 is 39.8. The molecule has 0 aliphatic rings. The average Bonchev–Trinajstić information content (AvgIpc) is 3.35. The number of halogens is 3. The topological polar surface area (TPSA) is 128 Å². The van der Waals surface area contributed by atoms with E-state index in [-0.39, 0.29) is 12.1 Å². The summed E-state index contributed by atoms with van der Waals surface area (Å²) in [6, 6.07) is 45.6. The standard InChI is InChI=1S/C28H30N4.C26H23F3N4/c1-20(2)23-9-6-10-24(17-23)26-19-32-28(18-25(26)21-11-14-30-15-12-21)31-16-13-27(29)22-7-4-3-5-8-22;27-26(28,29)21-8-4-7-20(15-21)23-17-33-25(16-22(23)18-9-12-31-13-10-18)32-14-11-24(30)19-5-2-1-3-6-19/h3-12,14-15,17-20,27H,13,16,29H2,1-2H3,(H,31,32);1-10,12-13,15-17,24H,11,14,30H2,(H,32,33). The summed E-state index contributed by atoms with van der Waals surface area (Å²) in [4.78, 5) is 17.4. The van der Waals surface area contributed by atoms with Gasteiger partial charge in [-0.25, -0.2) is 9.97 Å². The van der Waals surface area contributed by atoms with Gasteiger partial charge >= 0.3 is 6.18 Å². The number of benzene rings is 4. The number of pyridine rings is 4. The number of hydrogen-bond donors (Lipinski definition) is 4. The van der Waals surface area contributed by atoms with E-state index in [1.54, 1.807) is 24.7 Å². The van der Waals surface area contributed by atoms with Crippen LogP contribution >= 0.6 is 0 Å². The minimum Gasteiger partial charge on any atom is -0.370 e. The molecule has 8 nitrogen and oxygen atoms in total. The van der Waals surface area contributed by atoms with Crippen LogP contribution in [0, 0.1) is 0 Å². The maximum Gasteiger partial charge on any atom is 0.416 e. The first kappa shape index (κ1) is 45.8. The van der Waals surface area contributed by atoms with Crippen LogP contribution in [0.3, 0.4) is 0 Å². The Morgan fingerprint density at radius 1 is 0.477 bits per heavy atom. The van der Waals surface area contributed by atoms with Crippen LogP contribution in [-0.2, 0) is 6.18 Å². The van der Waals surface area contributed by atoms with Gasteiger partial charge in [0.1, 0.15) is 11.6 Å². The molecule has 11 heteroatoms. The lowest BCUT2D eigenvalue weighted by Gasteiger charge is -2.16. The van der Waals surface area contributed by atoms with Crippen molar-refractivity contribution >= 4 is 11.6 Å². The van der Waals surface area contributed by atoms with E-state index in [0.717, 1.165) is 69.9 Å². The van der Waals surface area contributed by atoms with Gasteiger partial charge < -0.3 is 22.1 Å². The number of hydrogen-bond acceptors (Lipinski definition) is 8. The molecule has 330 valence electrons. The number of anilines is 2. The maximum atomic E-state index is 13.3. The molecule has 0 aliphatic heterocycles. The maximum absolute atomic E-state index is 13.3. The van der Waals surface area contributed by atoms with Crippen LogP contribution in [0.2, 0.25) is 0 Å². The molecule has 65 heavy (non-hydrogen) atoms. The number of nitrogens with two attached hydrogens (primary N) is 2. The van der Waals surface area contributed by atoms with Crippen molar-refractivity contribution in [2.45, 2.75) is 50.9 Å². The second-order valence-electron chi connectivity index (χ2n) is 16.0. The average molecular weight is 871 g/mol. The monoisotopic (exact) mass is 870 g/mol. The van der Waals surface area contributed by atoms with E-state index in [1.165, 1.54) is 17.2 Å². The predicted octanol–water partition coefficient (Wildman–Crippen LogP) is 12.8. The predicted molar refractivity (Wildman–Crippen MR) is 258 cm³/mol. The summed E-state index contributed by atoms with van der Waals surface area (Å²) in [5.41, 5.74) is 22.7. The van der Waals surface area contributed by atoms with Gasteiger partial charge in [-0.2, -0.15) is 13.2 Å². The summed E-state index contributed by atoms with van der Waals surface area (Å²) >= 11 is 0. The molecule has 0 spiro atoms. The Bertz CT molecular complexity index is 2720. The highest BCUT2D eigenvalue weighted by Gasteiger charge is 2.30. The lowest BCUT2D eigenvalue weighted by atomic mass is 9.93. The third kappa shape index (κ3) is 12.5. The molecule has 4 heterocycles. The minimum absolute atomic E-state index is 0.00131. The van der Waals surface area contributed by atoms with Crippen molar-refractivity contribution in [3.63, 3.8) is 0 Å². The van der Waals surface area contributed by atoms with Crippen LogP contribution in [0.15, 0.2) is 183 Å². The second-order valence-corrected chi connectivity index (χ2v) is 16.0. The zero-order valence-electron chi connectivity index (χ0n) is 36.5. The number of alkyl halides is 3. The van der Waals surface area contributed by atoms with Crippen LogP contribution in [0.4, 0.5) is 24.8 Å². The Balaban J connectivity index is 0.000000194. The Morgan fingerprint density at radius 3 is 1.35 bits per heavy atom. The van der Waals surface area contributed by atoms with Gasteiger partial charge in [0.05, 0.1) is 5.56 Å². The quantitative estimate of drug-likeness (QED) is 0.0802. The van der Waals surface area contributed by atoms with Crippen molar-refractivity contribution in [3.8, 4) is 44.5 Å². The summed E-state index contributed by atoms with van der Waals surface area (Å²) in [5.74, 6) is 1.95. The molecule has 8 aromatic rings. The van der Waals surface area contributed by atoms with Gasteiger partial charge in [-0.3, -0.25) is 9.97 Å². The fraction of sp³-hybridized carbons (Fsp3) is 0.185. The first-order valence-corrected chi connectivity index (χ1v) is 21.7. The van der Waals surface area contributed by atoms with E-state index in [1.807, 2.05) is 97.5 Å². The Morgan fingerprint density at radius 2 is 0.908 bits per heavy atom. The zero-order valence-corrected chi connectivity index (χ0v) is 36.5. The normalized spacial score (nSPS) is 12.2. The minimum atomic E-state index is -4.42. The van der Waals surface area contributed by atoms with E-state index < -0.39 is 11.7 Å². The molecular weight excluding hydrogens is 818 g/mol. The molecule has 6 N–H and O–H groups in total. The number of rotatable bonds is 15. The van der Waals surface area contributed by atoms with E-state index in [9.17, 15) is 13.2 Å². The van der Waals surface area contributed by atoms with Gasteiger partial charge in [-0.1, -0.05) is 111 Å². The fourth-order valence-electron chi connectivity index (χ4n) is 7.48. The molecular formula is C54H53F3N8. The fourth-order valence-corrected chi connectivity index (χ4v) is 7.48. The number of nitrogens with zero attached hydrogens (tertiary/aromatic N) is 4. The molecule has 0 bridgehead atoms. The third-order valence-electron chi connectivity index (χ3n) is 11.1. The van der Waals surface area contributed by atoms with Crippen LogP contribution in [-0.4, -0.2) is 33.0 Å². The van der Waals surface area contributed by atoms with E-state index >= 15 is 0 Å². The molecule has 0 aliphatic carbocycles. The number of nitrogens with one attached hydrogen (secondary N) is 2. The van der Waals surface area contributed by atoms with Crippen molar-refractivity contribution in [2.24, 2.45) is 11.5 Å². The second kappa shape index (κ2) is 21.9. The highest BCUT2D eigenvalue weighted by molar-refractivity contribution is 5.85. The third-order valence-corrected chi connectivity index (χ3v) is 11.1. The van der Waals surface area contributed by atoms with Crippen molar-refractivity contribution in [3.05, 3.63) is 205 Å². The Labute approximate surface area is 379 Å². The zero-order chi connectivity index (χ0) is 45.6. The molecule has 0 fully saturated rings. The van der Waals surface area contributed by atoms with Crippen molar-refractivity contribution in [2.75, 3.05) is 23.7 Å². The molecule has 4 aromatic carbocycles. The molecule has 0 saturated carbocycles. The lowest BCUT2D eigenvalue weighted by Crippen LogP contribution is -2.15. The van der Waals surface area contributed by atoms with Crippen molar-refractivity contribution < 1.29 is 13.2 Å². The highest BCUT2D eigenvalue weighted by Crippen LogP contribution is 2.37. The van der Waals surface area contributed by atoms with E-state index in [0.29, 0.717) is 35.8 Å². The van der Waals surface area contributed by atoms with Crippen LogP contribution < -0.4 is 22.1 Å². The summed E-state index contributed by atoms with van der Waals surface area (Å²) in [7, 11) is 0. The van der Waals surface area contributed by atoms with Gasteiger partial charge in [0, 0.05) is 73.5 Å². The van der Waals surface area contributed by atoms with E-state index in [2.05, 4.69) is 81.9 Å². The first-order valence-electron chi connectivity index (χ1n) is 21.7. The molecule has 0 amide bonds. The van der Waals surface area contributed by atoms with Crippen molar-refractivity contribution in [1.82, 2.24) is 19.9 Å². The molecule has 2 unspecified atom stereocenters. The molecule has 2 atom stereocenters. The first-order chi connectivity index (χ1) is 31.5. The molecule has 0 saturated heterocycles. The molecule has 8 rings (SSSR count). The van der Waals surface area contributed by atoms with Crippen LogP contribution in [0.1, 0.15) is 66.9 Å². The molecule has 4 aromatic heterocycles. The molecule has 0 radical (unpaired) electrons. The van der Waals surface area contributed by atoms with Gasteiger partial charge in [-0.15, -0.1) is 0 Å². The van der Waals surface area contributed by atoms with Crippen molar-refractivity contribution in [1.29, 1.82) is 0 Å². The summed E-state index contributed by atoms with van der Waals surface area (Å²) in [5, 5.41) is 6.74. The SMILES string of the molecule is CC(C)c1cccc(-c2cnc(NCCC(N)c3ccccc3)cc2-c2ccncc2)c1.NC(CCNc1cc(-c2ccncc2)c(-c2cccc(C(F)(F)F)c2)cn1)c1ccccc1. The summed E-state index contributed by atoms with van der Waals surface area (Å²) in [6.45, 7) is 5.78. The van der Waals surface area contributed by atoms with E-state index in [4.69, 9.17) is 16.5 Å². The van der Waals surface area contributed by atoms with Gasteiger partial charge in [-0.05, 0) is 117 Å². The largest absolute Gasteiger partial charge is 0.416 e. The smallest absolute Gasteiger partial charge is 0.370 e. The highest BCUT2D eigenvalue weighted by atomic mass is 19.4. The van der Waals surface area contributed by atoms with Crippen LogP contribution in [0.5, 0.6) is 0 Å². The summed E-state index contributed by atoms with van der Waals surface area (Å²) in [6.07, 6.45) is 7.64. The van der Waals surface area contributed by atoms with Crippen LogP contribution in [0.25, 0.3) is 44.5 Å².